The maximum absolute atomic E-state index is 11.7. The van der Waals surface area contributed by atoms with E-state index < -0.39 is 0 Å². The number of rotatable bonds is 5. The van der Waals surface area contributed by atoms with Crippen molar-refractivity contribution in [2.75, 3.05) is 13.2 Å². The Balaban J connectivity index is 1.67. The van der Waals surface area contributed by atoms with Crippen LogP contribution in [0.4, 0.5) is 0 Å². The summed E-state index contributed by atoms with van der Waals surface area (Å²) in [4.78, 5) is 11.7. The van der Waals surface area contributed by atoms with Crippen molar-refractivity contribution in [3.05, 3.63) is 0 Å². The van der Waals surface area contributed by atoms with E-state index in [0.717, 1.165) is 19.3 Å². The van der Waals surface area contributed by atoms with Crippen LogP contribution in [0.2, 0.25) is 0 Å². The molecule has 2 aliphatic carbocycles. The summed E-state index contributed by atoms with van der Waals surface area (Å²) in [5.41, 5.74) is -0.297. The molecule has 4 nitrogen and oxygen atoms in total. The second-order valence-corrected chi connectivity index (χ2v) is 5.20. The highest BCUT2D eigenvalue weighted by Gasteiger charge is 2.37. The van der Waals surface area contributed by atoms with Crippen LogP contribution in [-0.2, 0) is 4.79 Å². The van der Waals surface area contributed by atoms with Crippen LogP contribution in [0.1, 0.15) is 44.9 Å². The van der Waals surface area contributed by atoms with Gasteiger partial charge in [0.2, 0.25) is 5.91 Å². The Morgan fingerprint density at radius 3 is 2.44 bits per heavy atom. The highest BCUT2D eigenvalue weighted by molar-refractivity contribution is 5.79. The van der Waals surface area contributed by atoms with Crippen molar-refractivity contribution in [1.82, 2.24) is 10.6 Å². The molecule has 92 valence electrons. The standard InChI is InChI=1S/C12H22N2O2/c15-9-12(6-3-7-12)14-11(16)8-13-10-4-1-2-5-10/h10,13,15H,1-9H2,(H,14,16). The van der Waals surface area contributed by atoms with E-state index in [2.05, 4.69) is 10.6 Å². The van der Waals surface area contributed by atoms with Gasteiger partial charge in [0, 0.05) is 6.04 Å². The largest absolute Gasteiger partial charge is 0.394 e. The van der Waals surface area contributed by atoms with Crippen LogP contribution in [-0.4, -0.2) is 35.7 Å². The van der Waals surface area contributed by atoms with Crippen LogP contribution in [0.15, 0.2) is 0 Å². The van der Waals surface area contributed by atoms with Crippen molar-refractivity contribution < 1.29 is 9.90 Å². The van der Waals surface area contributed by atoms with Crippen LogP contribution >= 0.6 is 0 Å². The van der Waals surface area contributed by atoms with Gasteiger partial charge < -0.3 is 15.7 Å². The Morgan fingerprint density at radius 2 is 1.94 bits per heavy atom. The Labute approximate surface area is 96.8 Å². The monoisotopic (exact) mass is 226 g/mol. The van der Waals surface area contributed by atoms with Gasteiger partial charge in [-0.15, -0.1) is 0 Å². The minimum atomic E-state index is -0.297. The Kier molecular flexibility index (Phi) is 3.82. The number of hydrogen-bond donors (Lipinski definition) is 3. The van der Waals surface area contributed by atoms with Gasteiger partial charge in [-0.2, -0.15) is 0 Å². The Morgan fingerprint density at radius 1 is 1.25 bits per heavy atom. The van der Waals surface area contributed by atoms with Gasteiger partial charge >= 0.3 is 0 Å². The quantitative estimate of drug-likeness (QED) is 0.641. The molecule has 0 saturated heterocycles. The van der Waals surface area contributed by atoms with Gasteiger partial charge in [-0.05, 0) is 32.1 Å². The molecule has 2 aliphatic rings. The average molecular weight is 226 g/mol. The number of nitrogens with one attached hydrogen (secondary N) is 2. The van der Waals surface area contributed by atoms with Crippen LogP contribution < -0.4 is 10.6 Å². The Hall–Kier alpha value is -0.610. The first-order valence-electron chi connectivity index (χ1n) is 6.39. The van der Waals surface area contributed by atoms with Gasteiger partial charge in [-0.1, -0.05) is 12.8 Å². The van der Waals surface area contributed by atoms with E-state index in [9.17, 15) is 9.90 Å². The fourth-order valence-corrected chi connectivity index (χ4v) is 2.63. The molecule has 0 aromatic rings. The lowest BCUT2D eigenvalue weighted by Gasteiger charge is -2.41. The summed E-state index contributed by atoms with van der Waals surface area (Å²) in [6.07, 6.45) is 7.88. The first-order chi connectivity index (χ1) is 7.74. The maximum atomic E-state index is 11.7. The first kappa shape index (κ1) is 11.9. The normalized spacial score (nSPS) is 24.1. The zero-order valence-electron chi connectivity index (χ0n) is 9.80. The number of amides is 1. The second kappa shape index (κ2) is 5.15. The summed E-state index contributed by atoms with van der Waals surface area (Å²) in [5, 5.41) is 15.5. The molecule has 1 amide bonds. The summed E-state index contributed by atoms with van der Waals surface area (Å²) in [6.45, 7) is 0.467. The van der Waals surface area contributed by atoms with Gasteiger partial charge in [-0.3, -0.25) is 4.79 Å². The number of hydrogen-bond acceptors (Lipinski definition) is 3. The summed E-state index contributed by atoms with van der Waals surface area (Å²) >= 11 is 0. The third kappa shape index (κ3) is 2.74. The van der Waals surface area contributed by atoms with Crippen molar-refractivity contribution in [3.8, 4) is 0 Å². The molecule has 3 N–H and O–H groups in total. The molecule has 0 heterocycles. The van der Waals surface area contributed by atoms with Crippen molar-refractivity contribution in [1.29, 1.82) is 0 Å². The molecule has 0 atom stereocenters. The molecule has 0 radical (unpaired) electrons. The molecule has 4 heteroatoms. The van der Waals surface area contributed by atoms with Crippen LogP contribution in [0.5, 0.6) is 0 Å². The van der Waals surface area contributed by atoms with Crippen LogP contribution in [0.3, 0.4) is 0 Å². The minimum Gasteiger partial charge on any atom is -0.394 e. The van der Waals surface area contributed by atoms with Crippen molar-refractivity contribution in [2.45, 2.75) is 56.5 Å². The fraction of sp³-hybridized carbons (Fsp3) is 0.917. The number of carbonyl (C=O) groups is 1. The van der Waals surface area contributed by atoms with Gasteiger partial charge in [0.25, 0.3) is 0 Å². The van der Waals surface area contributed by atoms with E-state index in [1.807, 2.05) is 0 Å². The lowest BCUT2D eigenvalue weighted by molar-refractivity contribution is -0.124. The smallest absolute Gasteiger partial charge is 0.234 e. The molecular formula is C12H22N2O2. The van der Waals surface area contributed by atoms with Crippen LogP contribution in [0.25, 0.3) is 0 Å². The molecule has 0 unspecified atom stereocenters. The summed E-state index contributed by atoms with van der Waals surface area (Å²) < 4.78 is 0. The molecule has 2 fully saturated rings. The molecule has 0 aromatic carbocycles. The minimum absolute atomic E-state index is 0.0284. The van der Waals surface area contributed by atoms with Crippen molar-refractivity contribution in [3.63, 3.8) is 0 Å². The van der Waals surface area contributed by atoms with Gasteiger partial charge in [0.15, 0.2) is 0 Å². The molecule has 0 bridgehead atoms. The van der Waals surface area contributed by atoms with Gasteiger partial charge in [-0.25, -0.2) is 0 Å². The number of aliphatic hydroxyl groups is 1. The Bertz CT molecular complexity index is 240. The van der Waals surface area contributed by atoms with Crippen LogP contribution in [0, 0.1) is 0 Å². The van der Waals surface area contributed by atoms with Gasteiger partial charge in [0.1, 0.15) is 0 Å². The zero-order valence-corrected chi connectivity index (χ0v) is 9.80. The predicted octanol–water partition coefficient (Wildman–Crippen LogP) is 0.550. The molecule has 2 saturated carbocycles. The zero-order chi connectivity index (χ0) is 11.4. The number of carbonyl (C=O) groups excluding carboxylic acids is 1. The van der Waals surface area contributed by atoms with Gasteiger partial charge in [0.05, 0.1) is 18.7 Å². The maximum Gasteiger partial charge on any atom is 0.234 e. The highest BCUT2D eigenvalue weighted by Crippen LogP contribution is 2.30. The SMILES string of the molecule is O=C(CNC1CCCC1)NC1(CO)CCC1. The molecule has 0 aromatic heterocycles. The second-order valence-electron chi connectivity index (χ2n) is 5.20. The summed E-state index contributed by atoms with van der Waals surface area (Å²) in [7, 11) is 0. The van der Waals surface area contributed by atoms with E-state index in [1.54, 1.807) is 0 Å². The predicted molar refractivity (Wildman–Crippen MR) is 62.1 cm³/mol. The molecular weight excluding hydrogens is 204 g/mol. The summed E-state index contributed by atoms with van der Waals surface area (Å²) in [6, 6.07) is 0.525. The van der Waals surface area contributed by atoms with E-state index in [4.69, 9.17) is 0 Å². The number of aliphatic hydroxyl groups excluding tert-OH is 1. The van der Waals surface area contributed by atoms with E-state index in [1.165, 1.54) is 25.7 Å². The topological polar surface area (TPSA) is 61.4 Å². The lowest BCUT2D eigenvalue weighted by atomic mass is 9.77. The third-order valence-corrected chi connectivity index (χ3v) is 3.92. The summed E-state index contributed by atoms with van der Waals surface area (Å²) in [5.74, 6) is 0.0284. The molecule has 0 aliphatic heterocycles. The van der Waals surface area contributed by atoms with Crippen molar-refractivity contribution in [2.24, 2.45) is 0 Å². The molecule has 16 heavy (non-hydrogen) atoms. The van der Waals surface area contributed by atoms with E-state index in [0.29, 0.717) is 12.6 Å². The van der Waals surface area contributed by atoms with Crippen molar-refractivity contribution >= 4 is 5.91 Å². The van der Waals surface area contributed by atoms with E-state index in [-0.39, 0.29) is 18.1 Å². The third-order valence-electron chi connectivity index (χ3n) is 3.92. The molecule has 0 spiro atoms. The average Bonchev–Trinajstić information content (AvgIpc) is 2.73. The highest BCUT2D eigenvalue weighted by atomic mass is 16.3. The fourth-order valence-electron chi connectivity index (χ4n) is 2.63. The first-order valence-corrected chi connectivity index (χ1v) is 6.39. The van der Waals surface area contributed by atoms with E-state index >= 15 is 0 Å². The lowest BCUT2D eigenvalue weighted by Crippen LogP contribution is -2.58. The molecule has 2 rings (SSSR count).